The van der Waals surface area contributed by atoms with Gasteiger partial charge in [0.05, 0.1) is 4.11 Å². The molecular weight excluding hydrogens is 340 g/mol. The summed E-state index contributed by atoms with van der Waals surface area (Å²) in [4.78, 5) is 23.0. The van der Waals surface area contributed by atoms with Gasteiger partial charge in [-0.3, -0.25) is 9.59 Å². The molecule has 25 heavy (non-hydrogen) atoms. The Morgan fingerprint density at radius 2 is 1.64 bits per heavy atom. The van der Waals surface area contributed by atoms with Crippen LogP contribution in [0.25, 0.3) is 0 Å². The Kier molecular flexibility index (Phi) is 7.77. The van der Waals surface area contributed by atoms with Crippen molar-refractivity contribution < 1.29 is 51.6 Å². The lowest BCUT2D eigenvalue weighted by molar-refractivity contribution is -0.327. The molecular formula is C15H26O10. The van der Waals surface area contributed by atoms with Gasteiger partial charge in [-0.05, 0) is 0 Å². The molecule has 0 aromatic heterocycles. The van der Waals surface area contributed by atoms with E-state index >= 15 is 0 Å². The van der Waals surface area contributed by atoms with Crippen molar-refractivity contribution in [2.45, 2.75) is 44.5 Å². The summed E-state index contributed by atoms with van der Waals surface area (Å²) in [5.41, 5.74) is 0. The van der Waals surface area contributed by atoms with E-state index in [-0.39, 0.29) is 13.6 Å². The smallest absolute Gasteiger partial charge is 0.303 e. The van der Waals surface area contributed by atoms with Gasteiger partial charge in [-0.2, -0.15) is 0 Å². The molecule has 10 heteroatoms. The molecule has 1 aliphatic heterocycles. The minimum atomic E-state index is -2.87. The van der Waals surface area contributed by atoms with Crippen molar-refractivity contribution in [1.29, 1.82) is 0 Å². The van der Waals surface area contributed by atoms with Crippen LogP contribution >= 0.6 is 0 Å². The lowest BCUT2D eigenvalue weighted by Crippen LogP contribution is -2.62. The highest BCUT2D eigenvalue weighted by molar-refractivity contribution is 5.66. The number of rotatable bonds is 10. The third-order valence-corrected chi connectivity index (χ3v) is 2.92. The largest absolute Gasteiger partial charge is 0.463 e. The van der Waals surface area contributed by atoms with E-state index in [0.717, 1.165) is 13.8 Å². The Labute approximate surface area is 150 Å². The summed E-state index contributed by atoms with van der Waals surface area (Å²) in [5.74, 6) is -1.89. The van der Waals surface area contributed by atoms with Crippen molar-refractivity contribution in [3.8, 4) is 0 Å². The first-order valence-electron chi connectivity index (χ1n) is 8.82. The molecule has 1 aliphatic rings. The number of hydrogen-bond acceptors (Lipinski definition) is 10. The molecule has 0 radical (unpaired) electrons. The Balaban J connectivity index is 3.45. The highest BCUT2D eigenvalue weighted by Gasteiger charge is 2.50. The summed E-state index contributed by atoms with van der Waals surface area (Å²) in [6.07, 6.45) is -8.39. The van der Waals surface area contributed by atoms with E-state index in [1.54, 1.807) is 0 Å². The van der Waals surface area contributed by atoms with Gasteiger partial charge in [-0.1, -0.05) is 0 Å². The average Bonchev–Trinajstić information content (AvgIpc) is 2.56. The van der Waals surface area contributed by atoms with E-state index in [0.29, 0.717) is 0 Å². The molecule has 146 valence electrons. The maximum atomic E-state index is 11.7. The normalized spacial score (nSPS) is 34.5. The fourth-order valence-electron chi connectivity index (χ4n) is 2.05. The maximum Gasteiger partial charge on any atom is 0.303 e. The van der Waals surface area contributed by atoms with Crippen LogP contribution in [0, 0.1) is 0 Å². The molecule has 0 bridgehead atoms. The zero-order chi connectivity index (χ0) is 21.5. The highest BCUT2D eigenvalue weighted by atomic mass is 16.8. The van der Waals surface area contributed by atoms with Gasteiger partial charge >= 0.3 is 11.9 Å². The standard InChI is InChI=1S/C15H26O10/c1-9(16)21-6-11-12(24-10(2)17)13(22-7-18-3)14(23-8-19-4)15(20-5)25-11/h11-15H,6-8H2,1-5H3/t11-,12-,13+,14-,15+/m1/s1/i6D2,12D. The second-order valence-corrected chi connectivity index (χ2v) is 4.86. The van der Waals surface area contributed by atoms with Gasteiger partial charge in [0.2, 0.25) is 0 Å². The first kappa shape index (κ1) is 17.1. The van der Waals surface area contributed by atoms with Gasteiger partial charge in [-0.25, -0.2) is 0 Å². The van der Waals surface area contributed by atoms with Crippen LogP contribution in [0.2, 0.25) is 0 Å². The second-order valence-electron chi connectivity index (χ2n) is 4.86. The number of methoxy groups -OCH3 is 3. The first-order valence-corrected chi connectivity index (χ1v) is 7.32. The van der Waals surface area contributed by atoms with Crippen LogP contribution in [0.1, 0.15) is 18.0 Å². The molecule has 0 aromatic carbocycles. The molecule has 0 amide bonds. The minimum Gasteiger partial charge on any atom is -0.463 e. The van der Waals surface area contributed by atoms with Crippen LogP contribution in [0.3, 0.4) is 0 Å². The van der Waals surface area contributed by atoms with Crippen molar-refractivity contribution in [1.82, 2.24) is 0 Å². The average molecular weight is 369 g/mol. The molecule has 0 aromatic rings. The number of carbonyl (C=O) groups is 2. The Bertz CT molecular complexity index is 534. The second kappa shape index (κ2) is 11.3. The number of ether oxygens (including phenoxy) is 8. The van der Waals surface area contributed by atoms with E-state index in [2.05, 4.69) is 4.74 Å². The van der Waals surface area contributed by atoms with E-state index in [9.17, 15) is 9.59 Å². The Morgan fingerprint density at radius 1 is 1.04 bits per heavy atom. The summed E-state index contributed by atoms with van der Waals surface area (Å²) in [6, 6.07) is 0. The predicted octanol–water partition coefficient (Wildman–Crippen LogP) is -0.169. The molecule has 0 unspecified atom stereocenters. The molecule has 0 spiro atoms. The van der Waals surface area contributed by atoms with Crippen LogP contribution in [-0.4, -0.2) is 84.1 Å². The van der Waals surface area contributed by atoms with Gasteiger partial charge in [-0.15, -0.1) is 0 Å². The van der Waals surface area contributed by atoms with E-state index in [4.69, 9.17) is 37.3 Å². The van der Waals surface area contributed by atoms with Crippen LogP contribution in [0.4, 0.5) is 0 Å². The molecule has 5 atom stereocenters. The van der Waals surface area contributed by atoms with Crippen molar-refractivity contribution in [3.05, 3.63) is 0 Å². The first-order chi connectivity index (χ1) is 13.0. The zero-order valence-electron chi connectivity index (χ0n) is 17.8. The van der Waals surface area contributed by atoms with Gasteiger partial charge in [0.1, 0.15) is 38.5 Å². The van der Waals surface area contributed by atoms with E-state index < -0.39 is 49.2 Å². The summed E-state index contributed by atoms with van der Waals surface area (Å²) < 4.78 is 66.0. The summed E-state index contributed by atoms with van der Waals surface area (Å²) in [5, 5.41) is 0. The van der Waals surface area contributed by atoms with E-state index in [1.807, 2.05) is 0 Å². The summed E-state index contributed by atoms with van der Waals surface area (Å²) in [7, 11) is 3.94. The van der Waals surface area contributed by atoms with Crippen molar-refractivity contribution in [2.75, 3.05) is 41.5 Å². The molecule has 10 nitrogen and oxygen atoms in total. The third-order valence-electron chi connectivity index (χ3n) is 2.92. The van der Waals surface area contributed by atoms with Gasteiger partial charge in [0, 0.05) is 35.2 Å². The SMILES string of the molecule is [2H]C([2H])(OC(C)=O)[C@H]1O[C@H](OC)[C@H](OCOC)[C@@H](OCOC)[C@]1([2H])OC(C)=O. The van der Waals surface area contributed by atoms with Gasteiger partial charge < -0.3 is 37.9 Å². The van der Waals surface area contributed by atoms with Crippen molar-refractivity contribution in [2.24, 2.45) is 0 Å². The molecule has 0 saturated carbocycles. The third kappa shape index (κ3) is 6.84. The number of hydrogen-bond donors (Lipinski definition) is 0. The predicted molar refractivity (Wildman–Crippen MR) is 81.4 cm³/mol. The summed E-state index contributed by atoms with van der Waals surface area (Å²) in [6.45, 7) is -1.47. The quantitative estimate of drug-likeness (QED) is 0.380. The fourth-order valence-corrected chi connectivity index (χ4v) is 2.05. The van der Waals surface area contributed by atoms with Crippen LogP contribution in [0.5, 0.6) is 0 Å². The topological polar surface area (TPSA) is 108 Å². The molecule has 0 N–H and O–H groups in total. The zero-order valence-corrected chi connectivity index (χ0v) is 14.8. The Hall–Kier alpha value is -1.30. The lowest BCUT2D eigenvalue weighted by atomic mass is 9.98. The molecule has 1 heterocycles. The number of carbonyl (C=O) groups excluding carboxylic acids is 2. The van der Waals surface area contributed by atoms with Gasteiger partial charge in [0.25, 0.3) is 0 Å². The maximum absolute atomic E-state index is 11.7. The van der Waals surface area contributed by atoms with Crippen LogP contribution in [0.15, 0.2) is 0 Å². The van der Waals surface area contributed by atoms with Gasteiger partial charge in [0.15, 0.2) is 12.4 Å². The minimum absolute atomic E-state index is 0.252. The molecule has 1 fully saturated rings. The monoisotopic (exact) mass is 369 g/mol. The number of esters is 2. The molecule has 1 rings (SSSR count). The summed E-state index contributed by atoms with van der Waals surface area (Å²) >= 11 is 0. The van der Waals surface area contributed by atoms with Crippen LogP contribution in [-0.2, 0) is 47.5 Å². The van der Waals surface area contributed by atoms with Crippen molar-refractivity contribution in [3.63, 3.8) is 0 Å². The lowest BCUT2D eigenvalue weighted by Gasteiger charge is -2.44. The van der Waals surface area contributed by atoms with E-state index in [1.165, 1.54) is 21.3 Å². The Morgan fingerprint density at radius 3 is 2.12 bits per heavy atom. The highest BCUT2D eigenvalue weighted by Crippen LogP contribution is 2.29. The molecule has 1 saturated heterocycles. The van der Waals surface area contributed by atoms with Crippen LogP contribution < -0.4 is 0 Å². The fraction of sp³-hybridized carbons (Fsp3) is 0.867. The van der Waals surface area contributed by atoms with Crippen molar-refractivity contribution >= 4 is 11.9 Å². The molecule has 0 aliphatic carbocycles.